The lowest BCUT2D eigenvalue weighted by Crippen LogP contribution is -2.30. The van der Waals surface area contributed by atoms with E-state index in [-0.39, 0.29) is 23.1 Å². The van der Waals surface area contributed by atoms with Gasteiger partial charge in [0.05, 0.1) is 5.02 Å². The van der Waals surface area contributed by atoms with E-state index in [2.05, 4.69) is 0 Å². The number of carbonyl (C=O) groups excluding carboxylic acids is 1. The van der Waals surface area contributed by atoms with Gasteiger partial charge in [-0.2, -0.15) is 0 Å². The zero-order valence-corrected chi connectivity index (χ0v) is 11.3. The molecule has 0 unspecified atom stereocenters. The van der Waals surface area contributed by atoms with Crippen molar-refractivity contribution >= 4 is 17.5 Å². The molecule has 0 saturated heterocycles. The highest BCUT2D eigenvalue weighted by molar-refractivity contribution is 6.30. The van der Waals surface area contributed by atoms with E-state index >= 15 is 0 Å². The van der Waals surface area contributed by atoms with Crippen LogP contribution in [0.25, 0.3) is 0 Å². The standard InChI is InChI=1S/C13H12ClFN2O3/c1-7-5-8(20-12(7)13(18)17-16)6-19-10-4-2-3-9(14)11(10)15/h2-5H,6,16H2,1H3,(H,17,18). The van der Waals surface area contributed by atoms with Crippen molar-refractivity contribution in [2.75, 3.05) is 0 Å². The van der Waals surface area contributed by atoms with Crippen molar-refractivity contribution in [1.82, 2.24) is 5.43 Å². The highest BCUT2D eigenvalue weighted by Crippen LogP contribution is 2.25. The number of hydrogen-bond acceptors (Lipinski definition) is 4. The third kappa shape index (κ3) is 2.92. The van der Waals surface area contributed by atoms with Crippen molar-refractivity contribution in [2.45, 2.75) is 13.5 Å². The first-order chi connectivity index (χ1) is 9.52. The normalized spacial score (nSPS) is 10.4. The van der Waals surface area contributed by atoms with Crippen molar-refractivity contribution in [1.29, 1.82) is 0 Å². The number of furan rings is 1. The first-order valence-corrected chi connectivity index (χ1v) is 6.07. The van der Waals surface area contributed by atoms with Crippen LogP contribution in [0.2, 0.25) is 5.02 Å². The van der Waals surface area contributed by atoms with Gasteiger partial charge in [0.2, 0.25) is 0 Å². The molecule has 2 rings (SSSR count). The van der Waals surface area contributed by atoms with Gasteiger partial charge in [-0.15, -0.1) is 0 Å². The topological polar surface area (TPSA) is 77.5 Å². The van der Waals surface area contributed by atoms with Crippen LogP contribution in [0.15, 0.2) is 28.7 Å². The second-order valence-electron chi connectivity index (χ2n) is 4.04. The number of rotatable bonds is 4. The summed E-state index contributed by atoms with van der Waals surface area (Å²) >= 11 is 5.64. The largest absolute Gasteiger partial charge is 0.483 e. The average molecular weight is 299 g/mol. The summed E-state index contributed by atoms with van der Waals surface area (Å²) in [7, 11) is 0. The third-order valence-corrected chi connectivity index (χ3v) is 2.88. The zero-order chi connectivity index (χ0) is 14.7. The van der Waals surface area contributed by atoms with Crippen LogP contribution < -0.4 is 16.0 Å². The van der Waals surface area contributed by atoms with Crippen LogP contribution in [0.3, 0.4) is 0 Å². The quantitative estimate of drug-likeness (QED) is 0.516. The summed E-state index contributed by atoms with van der Waals surface area (Å²) in [6, 6.07) is 6.06. The lowest BCUT2D eigenvalue weighted by atomic mass is 10.2. The molecule has 0 aliphatic heterocycles. The number of halogens is 2. The Morgan fingerprint density at radius 2 is 2.30 bits per heavy atom. The van der Waals surface area contributed by atoms with Crippen LogP contribution in [-0.2, 0) is 6.61 Å². The number of ether oxygens (including phenoxy) is 1. The SMILES string of the molecule is Cc1cc(COc2cccc(Cl)c2F)oc1C(=O)NN. The van der Waals surface area contributed by atoms with E-state index in [1.165, 1.54) is 12.1 Å². The molecule has 20 heavy (non-hydrogen) atoms. The molecule has 0 atom stereocenters. The van der Waals surface area contributed by atoms with Gasteiger partial charge in [-0.1, -0.05) is 17.7 Å². The Labute approximate surface area is 119 Å². The molecule has 0 aliphatic carbocycles. The number of benzene rings is 1. The number of aryl methyl sites for hydroxylation is 1. The van der Waals surface area contributed by atoms with E-state index in [0.29, 0.717) is 11.3 Å². The molecule has 1 amide bonds. The fraction of sp³-hybridized carbons (Fsp3) is 0.154. The molecule has 1 aromatic carbocycles. The molecule has 1 heterocycles. The number of carbonyl (C=O) groups is 1. The third-order valence-electron chi connectivity index (χ3n) is 2.59. The van der Waals surface area contributed by atoms with Crippen molar-refractivity contribution in [3.8, 4) is 5.75 Å². The number of nitrogens with two attached hydrogens (primary N) is 1. The minimum Gasteiger partial charge on any atom is -0.483 e. The molecule has 0 bridgehead atoms. The van der Waals surface area contributed by atoms with Gasteiger partial charge in [-0.05, 0) is 25.1 Å². The lowest BCUT2D eigenvalue weighted by Gasteiger charge is -2.06. The van der Waals surface area contributed by atoms with Gasteiger partial charge in [-0.25, -0.2) is 10.2 Å². The van der Waals surface area contributed by atoms with Gasteiger partial charge in [0.1, 0.15) is 12.4 Å². The van der Waals surface area contributed by atoms with Crippen LogP contribution >= 0.6 is 11.6 Å². The molecule has 0 saturated carbocycles. The summed E-state index contributed by atoms with van der Waals surface area (Å²) in [6.45, 7) is 1.66. The Hall–Kier alpha value is -2.05. The zero-order valence-electron chi connectivity index (χ0n) is 10.6. The van der Waals surface area contributed by atoms with E-state index in [0.717, 1.165) is 0 Å². The number of nitrogen functional groups attached to an aromatic ring is 1. The average Bonchev–Trinajstić information content (AvgIpc) is 2.81. The molecule has 5 nitrogen and oxygen atoms in total. The maximum absolute atomic E-state index is 13.6. The van der Waals surface area contributed by atoms with Crippen molar-refractivity contribution in [2.24, 2.45) is 5.84 Å². The second kappa shape index (κ2) is 5.94. The number of hydrogen-bond donors (Lipinski definition) is 2. The minimum atomic E-state index is -0.641. The molecule has 106 valence electrons. The van der Waals surface area contributed by atoms with Crippen LogP contribution in [0.4, 0.5) is 4.39 Å². The number of hydrazine groups is 1. The maximum Gasteiger partial charge on any atom is 0.301 e. The van der Waals surface area contributed by atoms with E-state index in [4.69, 9.17) is 26.6 Å². The highest BCUT2D eigenvalue weighted by Gasteiger charge is 2.15. The first kappa shape index (κ1) is 14.4. The van der Waals surface area contributed by atoms with Gasteiger partial charge in [0.25, 0.3) is 0 Å². The predicted octanol–water partition coefficient (Wildman–Crippen LogP) is 2.56. The molecule has 0 fully saturated rings. The van der Waals surface area contributed by atoms with Crippen molar-refractivity contribution in [3.05, 3.63) is 52.2 Å². The Kier molecular flexibility index (Phi) is 4.26. The van der Waals surface area contributed by atoms with Gasteiger partial charge < -0.3 is 9.15 Å². The molecule has 3 N–H and O–H groups in total. The Morgan fingerprint density at radius 3 is 3.00 bits per heavy atom. The lowest BCUT2D eigenvalue weighted by molar-refractivity contribution is 0.0921. The van der Waals surface area contributed by atoms with Crippen LogP contribution in [0.5, 0.6) is 5.75 Å². The fourth-order valence-electron chi connectivity index (χ4n) is 1.65. The van der Waals surface area contributed by atoms with Gasteiger partial charge in [0, 0.05) is 5.56 Å². The predicted molar refractivity (Wildman–Crippen MR) is 70.8 cm³/mol. The Balaban J connectivity index is 2.12. The van der Waals surface area contributed by atoms with Crippen molar-refractivity contribution in [3.63, 3.8) is 0 Å². The highest BCUT2D eigenvalue weighted by atomic mass is 35.5. The summed E-state index contributed by atoms with van der Waals surface area (Å²) in [5.41, 5.74) is 2.58. The van der Waals surface area contributed by atoms with E-state index in [1.807, 2.05) is 5.43 Å². The molecule has 2 aromatic rings. The summed E-state index contributed by atoms with van der Waals surface area (Å²) < 4.78 is 24.2. The van der Waals surface area contributed by atoms with Crippen LogP contribution in [-0.4, -0.2) is 5.91 Å². The molecule has 0 aliphatic rings. The molecular formula is C13H12ClFN2O3. The summed E-state index contributed by atoms with van der Waals surface area (Å²) in [4.78, 5) is 11.4. The summed E-state index contributed by atoms with van der Waals surface area (Å²) in [5, 5.41) is -0.0266. The van der Waals surface area contributed by atoms with Crippen LogP contribution in [0, 0.1) is 12.7 Å². The number of nitrogens with one attached hydrogen (secondary N) is 1. The first-order valence-electron chi connectivity index (χ1n) is 5.70. The van der Waals surface area contributed by atoms with Crippen LogP contribution in [0.1, 0.15) is 21.9 Å². The molecule has 7 heteroatoms. The van der Waals surface area contributed by atoms with E-state index in [9.17, 15) is 9.18 Å². The fourth-order valence-corrected chi connectivity index (χ4v) is 1.82. The summed E-state index contributed by atoms with van der Waals surface area (Å²) in [5.74, 6) is 4.33. The van der Waals surface area contributed by atoms with Gasteiger partial charge >= 0.3 is 5.91 Å². The van der Waals surface area contributed by atoms with E-state index < -0.39 is 11.7 Å². The molecule has 0 radical (unpaired) electrons. The number of amides is 1. The Bertz CT molecular complexity index is 643. The van der Waals surface area contributed by atoms with Gasteiger partial charge in [0.15, 0.2) is 17.3 Å². The molecule has 0 spiro atoms. The maximum atomic E-state index is 13.6. The van der Waals surface area contributed by atoms with Gasteiger partial charge in [-0.3, -0.25) is 10.2 Å². The Morgan fingerprint density at radius 1 is 1.55 bits per heavy atom. The molecular weight excluding hydrogens is 287 g/mol. The minimum absolute atomic E-state index is 0.0105. The molecule has 1 aromatic heterocycles. The second-order valence-corrected chi connectivity index (χ2v) is 4.45. The summed E-state index contributed by atoms with van der Waals surface area (Å²) in [6.07, 6.45) is 0. The van der Waals surface area contributed by atoms with E-state index in [1.54, 1.807) is 19.1 Å². The monoisotopic (exact) mass is 298 g/mol. The van der Waals surface area contributed by atoms with Crippen molar-refractivity contribution < 1.29 is 18.3 Å². The smallest absolute Gasteiger partial charge is 0.301 e.